The molecule has 0 atom stereocenters. The van der Waals surface area contributed by atoms with Crippen LogP contribution in [-0.2, 0) is 19.6 Å². The molecule has 2 N–H and O–H groups in total. The summed E-state index contributed by atoms with van der Waals surface area (Å²) in [6.45, 7) is 3.50. The van der Waals surface area contributed by atoms with E-state index in [9.17, 15) is 18.0 Å². The van der Waals surface area contributed by atoms with Gasteiger partial charge in [-0.3, -0.25) is 13.9 Å². The third-order valence-electron chi connectivity index (χ3n) is 4.83. The number of hydrogen-bond donors (Lipinski definition) is 2. The van der Waals surface area contributed by atoms with Crippen LogP contribution in [-0.4, -0.2) is 40.5 Å². The highest BCUT2D eigenvalue weighted by Crippen LogP contribution is 2.25. The lowest BCUT2D eigenvalue weighted by molar-refractivity contribution is -0.118. The lowest BCUT2D eigenvalue weighted by atomic mass is 10.2. The van der Waals surface area contributed by atoms with Crippen LogP contribution in [0, 0.1) is 0 Å². The number of ether oxygens (including phenoxy) is 2. The predicted molar refractivity (Wildman–Crippen MR) is 135 cm³/mol. The van der Waals surface area contributed by atoms with Gasteiger partial charge in [0.05, 0.1) is 17.2 Å². The zero-order valence-electron chi connectivity index (χ0n) is 19.6. The van der Waals surface area contributed by atoms with Crippen LogP contribution in [0.3, 0.4) is 0 Å². The number of nitrogens with zero attached hydrogens (tertiary/aromatic N) is 1. The molecular weight excluding hydrogens is 470 g/mol. The van der Waals surface area contributed by atoms with Crippen LogP contribution >= 0.6 is 0 Å². The average molecular weight is 498 g/mol. The summed E-state index contributed by atoms with van der Waals surface area (Å²) in [4.78, 5) is 23.5. The molecule has 0 unspecified atom stereocenters. The van der Waals surface area contributed by atoms with E-state index in [0.717, 1.165) is 0 Å². The molecule has 0 radical (unpaired) electrons. The van der Waals surface area contributed by atoms with Crippen molar-refractivity contribution in [3.63, 3.8) is 0 Å². The highest BCUT2D eigenvalue weighted by atomic mass is 32.2. The highest BCUT2D eigenvalue weighted by molar-refractivity contribution is 7.92. The van der Waals surface area contributed by atoms with Crippen molar-refractivity contribution in [1.29, 1.82) is 0 Å². The van der Waals surface area contributed by atoms with Crippen LogP contribution in [0.25, 0.3) is 0 Å². The van der Waals surface area contributed by atoms with Crippen molar-refractivity contribution >= 4 is 38.9 Å². The summed E-state index contributed by atoms with van der Waals surface area (Å²) >= 11 is 0. The van der Waals surface area contributed by atoms with Crippen molar-refractivity contribution in [3.8, 4) is 11.5 Å². The monoisotopic (exact) mass is 497 g/mol. The van der Waals surface area contributed by atoms with E-state index >= 15 is 0 Å². The number of benzene rings is 3. The Morgan fingerprint density at radius 1 is 0.857 bits per heavy atom. The van der Waals surface area contributed by atoms with E-state index in [2.05, 4.69) is 10.6 Å². The second-order valence-corrected chi connectivity index (χ2v) is 9.44. The van der Waals surface area contributed by atoms with E-state index in [4.69, 9.17) is 9.47 Å². The Hall–Kier alpha value is -4.05. The van der Waals surface area contributed by atoms with Gasteiger partial charge in [-0.2, -0.15) is 0 Å². The number of anilines is 3. The molecule has 0 fully saturated rings. The van der Waals surface area contributed by atoms with Crippen molar-refractivity contribution in [1.82, 2.24) is 0 Å². The normalized spacial score (nSPS) is 10.8. The van der Waals surface area contributed by atoms with Crippen LogP contribution in [0.1, 0.15) is 13.8 Å². The quantitative estimate of drug-likeness (QED) is 0.439. The summed E-state index contributed by atoms with van der Waals surface area (Å²) in [5.74, 6) is 0.408. The molecule has 0 bridgehead atoms. The zero-order valence-corrected chi connectivity index (χ0v) is 20.5. The second-order valence-electron chi connectivity index (χ2n) is 7.47. The van der Waals surface area contributed by atoms with Gasteiger partial charge in [0, 0.05) is 25.3 Å². The van der Waals surface area contributed by atoms with Crippen molar-refractivity contribution in [2.24, 2.45) is 0 Å². The molecular formula is C25H27N3O6S. The van der Waals surface area contributed by atoms with Gasteiger partial charge in [0.2, 0.25) is 5.91 Å². The van der Waals surface area contributed by atoms with E-state index in [1.807, 2.05) is 6.92 Å². The van der Waals surface area contributed by atoms with Crippen LogP contribution in [0.4, 0.5) is 17.1 Å². The van der Waals surface area contributed by atoms with Gasteiger partial charge in [-0.15, -0.1) is 0 Å². The molecule has 3 aromatic carbocycles. The van der Waals surface area contributed by atoms with Gasteiger partial charge < -0.3 is 20.1 Å². The second kappa shape index (κ2) is 11.4. The van der Waals surface area contributed by atoms with E-state index < -0.39 is 10.0 Å². The number of sulfonamides is 1. The molecule has 35 heavy (non-hydrogen) atoms. The topological polar surface area (TPSA) is 114 Å². The molecule has 9 nitrogen and oxygen atoms in total. The Bertz CT molecular complexity index is 1280. The van der Waals surface area contributed by atoms with Crippen molar-refractivity contribution in [2.45, 2.75) is 18.7 Å². The molecule has 0 aliphatic rings. The predicted octanol–water partition coefficient (Wildman–Crippen LogP) is 3.89. The smallest absolute Gasteiger partial charge is 0.264 e. The van der Waals surface area contributed by atoms with Crippen LogP contribution in [0.15, 0.2) is 77.7 Å². The number of hydrogen-bond acceptors (Lipinski definition) is 6. The highest BCUT2D eigenvalue weighted by Gasteiger charge is 2.21. The fourth-order valence-corrected chi connectivity index (χ4v) is 4.34. The van der Waals surface area contributed by atoms with E-state index in [0.29, 0.717) is 35.2 Å². The Balaban J connectivity index is 1.58. The van der Waals surface area contributed by atoms with Gasteiger partial charge in [0.1, 0.15) is 11.5 Å². The van der Waals surface area contributed by atoms with Crippen molar-refractivity contribution < 1.29 is 27.5 Å². The Labute approximate surface area is 204 Å². The maximum absolute atomic E-state index is 12.9. The summed E-state index contributed by atoms with van der Waals surface area (Å²) < 4.78 is 37.9. The fraction of sp³-hybridized carbons (Fsp3) is 0.200. The van der Waals surface area contributed by atoms with Gasteiger partial charge in [0.25, 0.3) is 15.9 Å². The Kier molecular flexibility index (Phi) is 8.32. The molecule has 10 heteroatoms. The summed E-state index contributed by atoms with van der Waals surface area (Å²) in [5.41, 5.74) is 1.52. The summed E-state index contributed by atoms with van der Waals surface area (Å²) in [6.07, 6.45) is 0. The molecule has 3 aromatic rings. The van der Waals surface area contributed by atoms with E-state index in [1.54, 1.807) is 60.7 Å². The number of nitrogens with one attached hydrogen (secondary N) is 2. The minimum absolute atomic E-state index is 0.142. The van der Waals surface area contributed by atoms with Crippen molar-refractivity contribution in [2.75, 3.05) is 35.2 Å². The van der Waals surface area contributed by atoms with Crippen LogP contribution < -0.4 is 24.4 Å². The number of rotatable bonds is 10. The molecule has 0 aromatic heterocycles. The lowest BCUT2D eigenvalue weighted by Gasteiger charge is -2.20. The summed E-state index contributed by atoms with van der Waals surface area (Å²) in [6, 6.07) is 19.3. The van der Waals surface area contributed by atoms with Gasteiger partial charge in [-0.05, 0) is 73.7 Å². The van der Waals surface area contributed by atoms with Gasteiger partial charge in [-0.1, -0.05) is 6.07 Å². The van der Waals surface area contributed by atoms with Gasteiger partial charge in [-0.25, -0.2) is 8.42 Å². The fourth-order valence-electron chi connectivity index (χ4n) is 3.15. The molecule has 2 amide bonds. The Morgan fingerprint density at radius 2 is 1.43 bits per heavy atom. The minimum Gasteiger partial charge on any atom is -0.494 e. The number of carbonyl (C=O) groups is 2. The summed E-state index contributed by atoms with van der Waals surface area (Å²) in [5, 5.41) is 5.34. The molecule has 0 spiro atoms. The summed E-state index contributed by atoms with van der Waals surface area (Å²) in [7, 11) is -2.30. The molecule has 0 heterocycles. The number of amides is 2. The van der Waals surface area contributed by atoms with E-state index in [1.165, 1.54) is 30.4 Å². The van der Waals surface area contributed by atoms with E-state index in [-0.39, 0.29) is 23.3 Å². The average Bonchev–Trinajstić information content (AvgIpc) is 2.83. The largest absolute Gasteiger partial charge is 0.494 e. The first-order chi connectivity index (χ1) is 16.7. The standard InChI is InChI=1S/C25H27N3O6S/c1-4-33-22-12-14-24(15-13-22)35(31,32)28(3)21-8-10-23(11-9-21)34-17-25(30)27-20-7-5-6-19(16-20)26-18(2)29/h5-16H,4,17H2,1-3H3,(H,26,29)(H,27,30). The lowest BCUT2D eigenvalue weighted by Crippen LogP contribution is -2.26. The molecule has 3 rings (SSSR count). The van der Waals surface area contributed by atoms with Gasteiger partial charge in [0.15, 0.2) is 6.61 Å². The number of carbonyl (C=O) groups excluding carboxylic acids is 2. The Morgan fingerprint density at radius 3 is 2.03 bits per heavy atom. The minimum atomic E-state index is -3.76. The first-order valence-corrected chi connectivity index (χ1v) is 12.2. The molecule has 0 aliphatic heterocycles. The third-order valence-corrected chi connectivity index (χ3v) is 6.63. The van der Waals surface area contributed by atoms with Crippen molar-refractivity contribution in [3.05, 3.63) is 72.8 Å². The maximum Gasteiger partial charge on any atom is 0.264 e. The van der Waals surface area contributed by atoms with Crippen LogP contribution in [0.5, 0.6) is 11.5 Å². The zero-order chi connectivity index (χ0) is 25.4. The molecule has 184 valence electrons. The van der Waals surface area contributed by atoms with Crippen LogP contribution in [0.2, 0.25) is 0 Å². The maximum atomic E-state index is 12.9. The first-order valence-electron chi connectivity index (χ1n) is 10.8. The SMILES string of the molecule is CCOc1ccc(S(=O)(=O)N(C)c2ccc(OCC(=O)Nc3cccc(NC(C)=O)c3)cc2)cc1. The first kappa shape index (κ1) is 25.6. The molecule has 0 saturated carbocycles. The van der Waals surface area contributed by atoms with Gasteiger partial charge >= 0.3 is 0 Å². The molecule has 0 saturated heterocycles. The molecule has 0 aliphatic carbocycles. The third kappa shape index (κ3) is 6.97.